The standard InChI is InChI=1S/C22H25F3N4O2/c23-17-7-8-18(22(25)21(17)24)27-19(30)13-26-20(31)15-29-10-4-9-28(11-12-29)14-16-5-2-1-3-6-16/h1-3,5-8H,4,9-15H2,(H,26,31)(H,27,30). The van der Waals surface area contributed by atoms with E-state index in [-0.39, 0.29) is 12.5 Å². The van der Waals surface area contributed by atoms with Crippen LogP contribution in [0, 0.1) is 17.5 Å². The second kappa shape index (κ2) is 10.9. The van der Waals surface area contributed by atoms with E-state index in [0.29, 0.717) is 6.07 Å². The van der Waals surface area contributed by atoms with Crippen LogP contribution in [-0.4, -0.2) is 60.9 Å². The van der Waals surface area contributed by atoms with Gasteiger partial charge in [-0.15, -0.1) is 0 Å². The maximum atomic E-state index is 13.6. The van der Waals surface area contributed by atoms with Crippen molar-refractivity contribution in [1.29, 1.82) is 0 Å². The highest BCUT2D eigenvalue weighted by atomic mass is 19.2. The summed E-state index contributed by atoms with van der Waals surface area (Å²) in [5, 5.41) is 4.59. The lowest BCUT2D eigenvalue weighted by Crippen LogP contribution is -2.41. The normalized spacial score (nSPS) is 15.3. The van der Waals surface area contributed by atoms with Gasteiger partial charge in [-0.1, -0.05) is 30.3 Å². The highest BCUT2D eigenvalue weighted by Crippen LogP contribution is 2.19. The average Bonchev–Trinajstić information content (AvgIpc) is 2.98. The summed E-state index contributed by atoms with van der Waals surface area (Å²) in [7, 11) is 0. The van der Waals surface area contributed by atoms with Crippen LogP contribution in [0.4, 0.5) is 18.9 Å². The lowest BCUT2D eigenvalue weighted by Gasteiger charge is -2.21. The number of amides is 2. The van der Waals surface area contributed by atoms with Crippen molar-refractivity contribution in [2.45, 2.75) is 13.0 Å². The van der Waals surface area contributed by atoms with Crippen molar-refractivity contribution in [2.75, 3.05) is 44.6 Å². The van der Waals surface area contributed by atoms with Crippen molar-refractivity contribution >= 4 is 17.5 Å². The van der Waals surface area contributed by atoms with Crippen LogP contribution in [-0.2, 0) is 16.1 Å². The van der Waals surface area contributed by atoms with Crippen LogP contribution in [0.25, 0.3) is 0 Å². The van der Waals surface area contributed by atoms with Gasteiger partial charge in [0, 0.05) is 19.6 Å². The maximum Gasteiger partial charge on any atom is 0.243 e. The Kier molecular flexibility index (Phi) is 8.02. The van der Waals surface area contributed by atoms with Crippen molar-refractivity contribution in [3.05, 3.63) is 65.5 Å². The molecule has 0 radical (unpaired) electrons. The van der Waals surface area contributed by atoms with Gasteiger partial charge in [-0.25, -0.2) is 13.2 Å². The second-order valence-corrected chi connectivity index (χ2v) is 7.44. The molecule has 0 atom stereocenters. The number of nitrogens with zero attached hydrogens (tertiary/aromatic N) is 2. The summed E-state index contributed by atoms with van der Waals surface area (Å²) in [4.78, 5) is 28.5. The number of halogens is 3. The molecule has 1 saturated heterocycles. The number of nitrogens with one attached hydrogen (secondary N) is 2. The molecule has 31 heavy (non-hydrogen) atoms. The van der Waals surface area contributed by atoms with E-state index in [1.807, 2.05) is 23.1 Å². The number of carbonyl (C=O) groups excluding carboxylic acids is 2. The van der Waals surface area contributed by atoms with Crippen LogP contribution in [0.15, 0.2) is 42.5 Å². The molecule has 0 saturated carbocycles. The molecule has 1 fully saturated rings. The first-order chi connectivity index (χ1) is 14.9. The van der Waals surface area contributed by atoms with E-state index >= 15 is 0 Å². The summed E-state index contributed by atoms with van der Waals surface area (Å²) < 4.78 is 39.8. The molecule has 9 heteroatoms. The first kappa shape index (κ1) is 22.8. The summed E-state index contributed by atoms with van der Waals surface area (Å²) >= 11 is 0. The SMILES string of the molecule is O=C(CN1CCCN(Cc2ccccc2)CC1)NCC(=O)Nc1ccc(F)c(F)c1F. The van der Waals surface area contributed by atoms with Gasteiger partial charge in [0.15, 0.2) is 17.5 Å². The topological polar surface area (TPSA) is 64.7 Å². The van der Waals surface area contributed by atoms with Crippen molar-refractivity contribution in [1.82, 2.24) is 15.1 Å². The van der Waals surface area contributed by atoms with Gasteiger partial charge in [0.1, 0.15) is 0 Å². The number of rotatable bonds is 7. The quantitative estimate of drug-likeness (QED) is 0.657. The Balaban J connectivity index is 1.40. The zero-order valence-electron chi connectivity index (χ0n) is 17.0. The van der Waals surface area contributed by atoms with Gasteiger partial charge in [-0.2, -0.15) is 0 Å². The summed E-state index contributed by atoms with van der Waals surface area (Å²) in [6.45, 7) is 3.88. The molecule has 2 aromatic rings. The summed E-state index contributed by atoms with van der Waals surface area (Å²) in [5.74, 6) is -5.56. The minimum absolute atomic E-state index is 0.145. The first-order valence-electron chi connectivity index (χ1n) is 10.1. The molecular formula is C22H25F3N4O2. The van der Waals surface area contributed by atoms with E-state index < -0.39 is 35.6 Å². The third kappa shape index (κ3) is 6.80. The fraction of sp³-hybridized carbons (Fsp3) is 0.364. The molecule has 2 amide bonds. The minimum Gasteiger partial charge on any atom is -0.346 e. The molecule has 1 aliphatic rings. The monoisotopic (exact) mass is 434 g/mol. The van der Waals surface area contributed by atoms with Crippen LogP contribution in [0.3, 0.4) is 0 Å². The molecule has 2 aromatic carbocycles. The number of hydrogen-bond donors (Lipinski definition) is 2. The Morgan fingerprint density at radius 2 is 1.55 bits per heavy atom. The van der Waals surface area contributed by atoms with Crippen LogP contribution >= 0.6 is 0 Å². The third-order valence-corrected chi connectivity index (χ3v) is 5.05. The predicted octanol–water partition coefficient (Wildman–Crippen LogP) is 2.37. The van der Waals surface area contributed by atoms with Gasteiger partial charge >= 0.3 is 0 Å². The van der Waals surface area contributed by atoms with Gasteiger partial charge in [-0.3, -0.25) is 19.4 Å². The highest BCUT2D eigenvalue weighted by molar-refractivity contribution is 5.94. The van der Waals surface area contributed by atoms with Gasteiger partial charge in [0.05, 0.1) is 18.8 Å². The molecule has 2 N–H and O–H groups in total. The number of anilines is 1. The van der Waals surface area contributed by atoms with Crippen LogP contribution in [0.5, 0.6) is 0 Å². The first-order valence-corrected chi connectivity index (χ1v) is 10.1. The Morgan fingerprint density at radius 3 is 2.32 bits per heavy atom. The molecule has 0 spiro atoms. The van der Waals surface area contributed by atoms with Crippen molar-refractivity contribution in [3.8, 4) is 0 Å². The van der Waals surface area contributed by atoms with E-state index in [4.69, 9.17) is 0 Å². The summed E-state index contributed by atoms with van der Waals surface area (Å²) in [6, 6.07) is 11.8. The molecule has 166 valence electrons. The molecule has 0 aliphatic carbocycles. The lowest BCUT2D eigenvalue weighted by atomic mass is 10.2. The van der Waals surface area contributed by atoms with Gasteiger partial charge in [0.2, 0.25) is 11.8 Å². The predicted molar refractivity (Wildman–Crippen MR) is 111 cm³/mol. The van der Waals surface area contributed by atoms with E-state index in [1.54, 1.807) is 0 Å². The van der Waals surface area contributed by atoms with Gasteiger partial charge in [0.25, 0.3) is 0 Å². The highest BCUT2D eigenvalue weighted by Gasteiger charge is 2.18. The van der Waals surface area contributed by atoms with Crippen LogP contribution in [0.1, 0.15) is 12.0 Å². The molecular weight excluding hydrogens is 409 g/mol. The Hall–Kier alpha value is -2.91. The van der Waals surface area contributed by atoms with E-state index in [1.165, 1.54) is 5.56 Å². The molecule has 1 heterocycles. The molecule has 6 nitrogen and oxygen atoms in total. The number of benzene rings is 2. The molecule has 3 rings (SSSR count). The Bertz CT molecular complexity index is 911. The maximum absolute atomic E-state index is 13.6. The van der Waals surface area contributed by atoms with Crippen molar-refractivity contribution in [3.63, 3.8) is 0 Å². The summed E-state index contributed by atoms with van der Waals surface area (Å²) in [5.41, 5.74) is 0.765. The van der Waals surface area contributed by atoms with Crippen LogP contribution in [0.2, 0.25) is 0 Å². The smallest absolute Gasteiger partial charge is 0.243 e. The molecule has 0 unspecified atom stereocenters. The van der Waals surface area contributed by atoms with Gasteiger partial charge in [-0.05, 0) is 37.2 Å². The van der Waals surface area contributed by atoms with Gasteiger partial charge < -0.3 is 10.6 Å². The zero-order chi connectivity index (χ0) is 22.2. The van der Waals surface area contributed by atoms with E-state index in [9.17, 15) is 22.8 Å². The number of hydrogen-bond acceptors (Lipinski definition) is 4. The number of carbonyl (C=O) groups is 2. The molecule has 0 bridgehead atoms. The fourth-order valence-corrected chi connectivity index (χ4v) is 3.44. The summed E-state index contributed by atoms with van der Waals surface area (Å²) in [6.07, 6.45) is 0.927. The van der Waals surface area contributed by atoms with E-state index in [2.05, 4.69) is 27.7 Å². The molecule has 1 aliphatic heterocycles. The van der Waals surface area contributed by atoms with Crippen LogP contribution < -0.4 is 10.6 Å². The Morgan fingerprint density at radius 1 is 0.839 bits per heavy atom. The largest absolute Gasteiger partial charge is 0.346 e. The molecule has 0 aromatic heterocycles. The minimum atomic E-state index is -1.66. The second-order valence-electron chi connectivity index (χ2n) is 7.44. The van der Waals surface area contributed by atoms with Crippen molar-refractivity contribution < 1.29 is 22.8 Å². The average molecular weight is 434 g/mol. The fourth-order valence-electron chi connectivity index (χ4n) is 3.44. The van der Waals surface area contributed by atoms with Crippen molar-refractivity contribution in [2.24, 2.45) is 0 Å². The zero-order valence-corrected chi connectivity index (χ0v) is 17.0. The third-order valence-electron chi connectivity index (χ3n) is 5.05. The van der Waals surface area contributed by atoms with E-state index in [0.717, 1.165) is 45.2 Å². The Labute approximate surface area is 179 Å². The lowest BCUT2D eigenvalue weighted by molar-refractivity contribution is -0.125.